The summed E-state index contributed by atoms with van der Waals surface area (Å²) in [5.74, 6) is -1.15. The van der Waals surface area contributed by atoms with Crippen LogP contribution in [0.15, 0.2) is 30.3 Å². The van der Waals surface area contributed by atoms with Gasteiger partial charge in [-0.3, -0.25) is 10.1 Å². The molecule has 3 amide bonds. The molecule has 0 bridgehead atoms. The fourth-order valence-electron chi connectivity index (χ4n) is 3.45. The first-order valence-electron chi connectivity index (χ1n) is 9.63. The third kappa shape index (κ3) is 5.56. The highest BCUT2D eigenvalue weighted by atomic mass is 32.1. The van der Waals surface area contributed by atoms with Crippen LogP contribution in [0.2, 0.25) is 0 Å². The molecule has 1 fully saturated rings. The van der Waals surface area contributed by atoms with E-state index in [1.807, 2.05) is 18.7 Å². The number of urea groups is 1. The van der Waals surface area contributed by atoms with Crippen LogP contribution in [0.3, 0.4) is 0 Å². The maximum atomic E-state index is 13.4. The van der Waals surface area contributed by atoms with Crippen LogP contribution in [-0.4, -0.2) is 47.9 Å². The van der Waals surface area contributed by atoms with Crippen molar-refractivity contribution < 1.29 is 18.4 Å². The molecule has 8 heteroatoms. The Balaban J connectivity index is 0.00000320. The largest absolute Gasteiger partial charge is 0.342 e. The second kappa shape index (κ2) is 10.0. The molecule has 164 valence electrons. The van der Waals surface area contributed by atoms with Gasteiger partial charge in [-0.2, -0.15) is 0 Å². The molecule has 1 N–H and O–H groups in total. The topological polar surface area (TPSA) is 52.7 Å². The van der Waals surface area contributed by atoms with E-state index in [-0.39, 0.29) is 31.3 Å². The molecule has 5 nitrogen and oxygen atoms in total. The Hall–Kier alpha value is -2.48. The second-order valence-electron chi connectivity index (χ2n) is 7.57. The summed E-state index contributed by atoms with van der Waals surface area (Å²) in [6.07, 6.45) is 1.47. The molecule has 3 rings (SSSR count). The van der Waals surface area contributed by atoms with Gasteiger partial charge in [0.25, 0.3) is 0 Å². The Morgan fingerprint density at radius 2 is 1.73 bits per heavy atom. The monoisotopic (exact) mass is 437 g/mol. The number of nitrogens with one attached hydrogen (secondary N) is 1. The lowest BCUT2D eigenvalue weighted by Crippen LogP contribution is -2.49. The summed E-state index contributed by atoms with van der Waals surface area (Å²) < 4.78 is 26.9. The number of nitrogens with zero attached hydrogens (tertiary/aromatic N) is 2. The molecule has 0 radical (unpaired) electrons. The third-order valence-electron chi connectivity index (χ3n) is 5.12. The predicted octanol–water partition coefficient (Wildman–Crippen LogP) is 5.44. The minimum atomic E-state index is -0.638. The average molecular weight is 438 g/mol. The van der Waals surface area contributed by atoms with Gasteiger partial charge in [0.1, 0.15) is 11.6 Å². The Bertz CT molecular complexity index is 872. The Labute approximate surface area is 180 Å². The molecule has 1 aromatic carbocycles. The van der Waals surface area contributed by atoms with Crippen molar-refractivity contribution in [1.82, 2.24) is 9.80 Å². The van der Waals surface area contributed by atoms with E-state index in [1.54, 1.807) is 24.1 Å². The summed E-state index contributed by atoms with van der Waals surface area (Å²) in [5.41, 5.74) is 0.434. The Kier molecular flexibility index (Phi) is 7.95. The number of hydrogen-bond donors (Lipinski definition) is 1. The van der Waals surface area contributed by atoms with Crippen LogP contribution in [0.5, 0.6) is 0 Å². The van der Waals surface area contributed by atoms with E-state index < -0.39 is 11.6 Å². The van der Waals surface area contributed by atoms with Crippen LogP contribution in [-0.2, 0) is 4.79 Å². The summed E-state index contributed by atoms with van der Waals surface area (Å²) >= 11 is 1.26. The van der Waals surface area contributed by atoms with Crippen LogP contribution in [0.25, 0.3) is 10.4 Å². The van der Waals surface area contributed by atoms with E-state index in [0.29, 0.717) is 28.5 Å². The van der Waals surface area contributed by atoms with Gasteiger partial charge < -0.3 is 9.80 Å². The number of rotatable bonds is 4. The van der Waals surface area contributed by atoms with Crippen LogP contribution in [0.4, 0.5) is 18.6 Å². The van der Waals surface area contributed by atoms with E-state index in [9.17, 15) is 18.4 Å². The van der Waals surface area contributed by atoms with Crippen LogP contribution in [0, 0.1) is 17.6 Å². The molecule has 2 heterocycles. The molecular weight excluding hydrogens is 408 g/mol. The zero-order valence-corrected chi connectivity index (χ0v) is 17.6. The van der Waals surface area contributed by atoms with Crippen molar-refractivity contribution in [2.75, 3.05) is 25.5 Å². The van der Waals surface area contributed by atoms with Gasteiger partial charge in [0.15, 0.2) is 0 Å². The summed E-state index contributed by atoms with van der Waals surface area (Å²) in [6.45, 7) is 5.07. The van der Waals surface area contributed by atoms with Gasteiger partial charge in [-0.25, -0.2) is 13.6 Å². The number of anilines is 1. The van der Waals surface area contributed by atoms with Crippen LogP contribution >= 0.6 is 11.3 Å². The molecular formula is C22H29F2N3O2S. The fourth-order valence-corrected chi connectivity index (χ4v) is 4.34. The van der Waals surface area contributed by atoms with Gasteiger partial charge >= 0.3 is 6.03 Å². The lowest BCUT2D eigenvalue weighted by atomic mass is 10.0. The lowest BCUT2D eigenvalue weighted by molar-refractivity contribution is -0.135. The maximum absolute atomic E-state index is 13.4. The van der Waals surface area contributed by atoms with Crippen molar-refractivity contribution in [2.45, 2.75) is 40.2 Å². The third-order valence-corrected chi connectivity index (χ3v) is 6.17. The summed E-state index contributed by atoms with van der Waals surface area (Å²) in [7, 11) is 1.75. The number of amides is 3. The van der Waals surface area contributed by atoms with Gasteiger partial charge in [-0.05, 0) is 42.7 Å². The number of halogens is 2. The minimum absolute atomic E-state index is 0. The summed E-state index contributed by atoms with van der Waals surface area (Å²) in [6, 6.07) is 6.62. The maximum Gasteiger partial charge on any atom is 0.322 e. The number of hydrogen-bond acceptors (Lipinski definition) is 3. The number of carbonyl (C=O) groups excluding carboxylic acids is 2. The molecule has 0 saturated carbocycles. The highest BCUT2D eigenvalue weighted by molar-refractivity contribution is 7.19. The van der Waals surface area contributed by atoms with Crippen molar-refractivity contribution in [3.05, 3.63) is 42.0 Å². The standard InChI is InChI=1S/C21H25F2N3O2S.CH4/c1-13(2)20(27)26-8-6-17(7-9-26)25(3)21(28)24-19-5-4-18(29-19)14-10-15(22)12-16(23)11-14;/h4-5,10-13,17H,6-9H2,1-3H3,(H,24,28);1H4. The Morgan fingerprint density at radius 3 is 2.30 bits per heavy atom. The van der Waals surface area contributed by atoms with Crippen molar-refractivity contribution in [3.63, 3.8) is 0 Å². The quantitative estimate of drug-likeness (QED) is 0.692. The van der Waals surface area contributed by atoms with Crippen LogP contribution in [0.1, 0.15) is 34.1 Å². The van der Waals surface area contributed by atoms with Crippen molar-refractivity contribution in [2.24, 2.45) is 5.92 Å². The number of carbonyl (C=O) groups is 2. The number of likely N-dealkylation sites (tertiary alicyclic amines) is 1. The molecule has 0 aliphatic carbocycles. The van der Waals surface area contributed by atoms with E-state index in [2.05, 4.69) is 5.32 Å². The van der Waals surface area contributed by atoms with E-state index in [4.69, 9.17) is 0 Å². The zero-order valence-electron chi connectivity index (χ0n) is 16.7. The molecule has 1 aromatic heterocycles. The molecule has 1 saturated heterocycles. The predicted molar refractivity (Wildman–Crippen MR) is 118 cm³/mol. The normalized spacial score (nSPS) is 14.4. The number of piperidine rings is 1. The summed E-state index contributed by atoms with van der Waals surface area (Å²) in [5, 5.41) is 3.45. The first-order chi connectivity index (χ1) is 13.7. The molecule has 2 aromatic rings. The molecule has 0 spiro atoms. The smallest absolute Gasteiger partial charge is 0.322 e. The SMILES string of the molecule is C.CC(C)C(=O)N1CCC(N(C)C(=O)Nc2ccc(-c3cc(F)cc(F)c3)s2)CC1. The Morgan fingerprint density at radius 1 is 1.13 bits per heavy atom. The van der Waals surface area contributed by atoms with E-state index in [1.165, 1.54) is 23.5 Å². The molecule has 30 heavy (non-hydrogen) atoms. The van der Waals surface area contributed by atoms with E-state index in [0.717, 1.165) is 18.9 Å². The first-order valence-corrected chi connectivity index (χ1v) is 10.4. The molecule has 0 unspecified atom stereocenters. The highest BCUT2D eigenvalue weighted by Crippen LogP contribution is 2.32. The van der Waals surface area contributed by atoms with Crippen molar-refractivity contribution in [1.29, 1.82) is 0 Å². The molecule has 1 aliphatic heterocycles. The molecule has 0 atom stereocenters. The van der Waals surface area contributed by atoms with Gasteiger partial charge in [0, 0.05) is 43.0 Å². The first kappa shape index (κ1) is 23.8. The highest BCUT2D eigenvalue weighted by Gasteiger charge is 2.28. The van der Waals surface area contributed by atoms with Gasteiger partial charge in [-0.15, -0.1) is 11.3 Å². The average Bonchev–Trinajstić information content (AvgIpc) is 3.14. The van der Waals surface area contributed by atoms with Gasteiger partial charge in [0.05, 0.1) is 5.00 Å². The van der Waals surface area contributed by atoms with Crippen LogP contribution < -0.4 is 5.32 Å². The summed E-state index contributed by atoms with van der Waals surface area (Å²) in [4.78, 5) is 28.9. The van der Waals surface area contributed by atoms with Gasteiger partial charge in [-0.1, -0.05) is 21.3 Å². The second-order valence-corrected chi connectivity index (χ2v) is 8.66. The van der Waals surface area contributed by atoms with Crippen molar-refractivity contribution in [3.8, 4) is 10.4 Å². The number of benzene rings is 1. The van der Waals surface area contributed by atoms with E-state index >= 15 is 0 Å². The zero-order chi connectivity index (χ0) is 21.1. The fraction of sp³-hybridized carbons (Fsp3) is 0.455. The van der Waals surface area contributed by atoms with Crippen molar-refractivity contribution >= 4 is 28.3 Å². The van der Waals surface area contributed by atoms with Gasteiger partial charge in [0.2, 0.25) is 5.91 Å². The lowest BCUT2D eigenvalue weighted by Gasteiger charge is -2.37. The minimum Gasteiger partial charge on any atom is -0.342 e. The number of thiophene rings is 1. The molecule has 1 aliphatic rings.